The Bertz CT molecular complexity index is 911. The first-order chi connectivity index (χ1) is 14.0. The minimum atomic E-state index is -0.420. The number of hydrogen-bond acceptors (Lipinski definition) is 7. The van der Waals surface area contributed by atoms with Crippen molar-refractivity contribution < 1.29 is 10.4 Å². The van der Waals surface area contributed by atoms with Crippen LogP contribution in [-0.2, 0) is 0 Å². The molecule has 0 aliphatic rings. The molecule has 3 aromatic rings. The van der Waals surface area contributed by atoms with Crippen molar-refractivity contribution in [3.05, 3.63) is 54.9 Å². The summed E-state index contributed by atoms with van der Waals surface area (Å²) in [7, 11) is 0. The molecule has 2 N–H and O–H groups in total. The van der Waals surface area contributed by atoms with E-state index in [-0.39, 0.29) is 0 Å². The summed E-state index contributed by atoms with van der Waals surface area (Å²) in [5, 5.41) is 22.9. The van der Waals surface area contributed by atoms with Crippen molar-refractivity contribution in [1.82, 2.24) is 15.0 Å². The summed E-state index contributed by atoms with van der Waals surface area (Å²) < 4.78 is 0. The van der Waals surface area contributed by atoms with Crippen molar-refractivity contribution in [1.29, 1.82) is 0 Å². The molecule has 0 fully saturated rings. The van der Waals surface area contributed by atoms with Crippen LogP contribution >= 0.6 is 0 Å². The summed E-state index contributed by atoms with van der Waals surface area (Å²) in [6, 6.07) is 13.0. The maximum Gasteiger partial charge on any atom is 0.0894 e. The van der Waals surface area contributed by atoms with Crippen LogP contribution in [0.15, 0.2) is 54.9 Å². The predicted molar refractivity (Wildman–Crippen MR) is 119 cm³/mol. The fourth-order valence-electron chi connectivity index (χ4n) is 2.82. The van der Waals surface area contributed by atoms with E-state index >= 15 is 0 Å². The lowest BCUT2D eigenvalue weighted by atomic mass is 10.1. The molecular weight excluding hydrogens is 378 g/mol. The number of anilines is 2. The average Bonchev–Trinajstić information content (AvgIpc) is 2.71. The molecule has 3 rings (SSSR count). The normalized spacial score (nSPS) is 12.0. The van der Waals surface area contributed by atoms with Gasteiger partial charge in [0.25, 0.3) is 0 Å². The minimum Gasteiger partial charge on any atom is -0.288 e. The zero-order valence-electron chi connectivity index (χ0n) is 18.3. The fourth-order valence-corrected chi connectivity index (χ4v) is 2.82. The maximum atomic E-state index is 10.3. The maximum absolute atomic E-state index is 10.3. The molecule has 0 bridgehead atoms. The quantitative estimate of drug-likeness (QED) is 0.575. The molecule has 0 aromatic carbocycles. The second kappa shape index (κ2) is 8.01. The van der Waals surface area contributed by atoms with Crippen LogP contribution in [0.4, 0.5) is 11.4 Å². The molecule has 0 saturated heterocycles. The summed E-state index contributed by atoms with van der Waals surface area (Å²) in [6.45, 7) is 11.5. The number of pyridine rings is 3. The lowest BCUT2D eigenvalue weighted by molar-refractivity contribution is 0.180. The van der Waals surface area contributed by atoms with Crippen LogP contribution in [0.5, 0.6) is 0 Å². The zero-order valence-corrected chi connectivity index (χ0v) is 18.3. The van der Waals surface area contributed by atoms with Crippen LogP contribution in [0.25, 0.3) is 22.8 Å². The molecule has 0 spiro atoms. The van der Waals surface area contributed by atoms with Gasteiger partial charge >= 0.3 is 0 Å². The summed E-state index contributed by atoms with van der Waals surface area (Å²) in [6.07, 6.45) is 3.26. The Morgan fingerprint density at radius 3 is 1.30 bits per heavy atom. The summed E-state index contributed by atoms with van der Waals surface area (Å²) >= 11 is 0. The van der Waals surface area contributed by atoms with Gasteiger partial charge in [0, 0.05) is 0 Å². The van der Waals surface area contributed by atoms with Crippen LogP contribution in [0.2, 0.25) is 0 Å². The Morgan fingerprint density at radius 1 is 0.600 bits per heavy atom. The van der Waals surface area contributed by atoms with E-state index in [0.29, 0.717) is 34.2 Å². The van der Waals surface area contributed by atoms with Gasteiger partial charge < -0.3 is 0 Å². The molecule has 7 nitrogen and oxygen atoms in total. The third-order valence-corrected chi connectivity index (χ3v) is 4.53. The molecule has 0 amide bonds. The van der Waals surface area contributed by atoms with E-state index in [0.717, 1.165) is 0 Å². The van der Waals surface area contributed by atoms with E-state index in [1.165, 1.54) is 10.1 Å². The number of hydrogen-bond donors (Lipinski definition) is 2. The standard InChI is InChI=1S/C23H29N5O2/c1-22(2,3)27(29)16-10-12-18(24-14-16)20-8-7-9-21(26-20)19-13-11-17(15-25-19)28(30)23(4,5)6/h7-15,29-30H,1-6H3. The van der Waals surface area contributed by atoms with E-state index < -0.39 is 11.1 Å². The van der Waals surface area contributed by atoms with Crippen molar-refractivity contribution in [2.45, 2.75) is 52.6 Å². The molecule has 158 valence electrons. The van der Waals surface area contributed by atoms with E-state index in [4.69, 9.17) is 0 Å². The van der Waals surface area contributed by atoms with Crippen molar-refractivity contribution in [3.63, 3.8) is 0 Å². The molecule has 0 aliphatic carbocycles. The second-order valence-electron chi connectivity index (χ2n) is 9.18. The number of nitrogens with zero attached hydrogens (tertiary/aromatic N) is 5. The molecular formula is C23H29N5O2. The predicted octanol–water partition coefficient (Wildman–Crippen LogP) is 5.19. The van der Waals surface area contributed by atoms with E-state index in [9.17, 15) is 10.4 Å². The monoisotopic (exact) mass is 407 g/mol. The number of hydroxylamine groups is 2. The first-order valence-electron chi connectivity index (χ1n) is 9.85. The fraction of sp³-hybridized carbons (Fsp3) is 0.348. The molecule has 0 radical (unpaired) electrons. The van der Waals surface area contributed by atoms with Crippen molar-refractivity contribution in [3.8, 4) is 22.8 Å². The molecule has 3 heterocycles. The molecule has 30 heavy (non-hydrogen) atoms. The van der Waals surface area contributed by atoms with Gasteiger partial charge in [0.2, 0.25) is 0 Å². The highest BCUT2D eigenvalue weighted by atomic mass is 16.5. The molecule has 0 unspecified atom stereocenters. The molecule has 0 saturated carbocycles. The van der Waals surface area contributed by atoms with Crippen LogP contribution in [-0.4, -0.2) is 36.4 Å². The molecule has 7 heteroatoms. The Balaban J connectivity index is 1.85. The van der Waals surface area contributed by atoms with Gasteiger partial charge in [-0.3, -0.25) is 30.5 Å². The van der Waals surface area contributed by atoms with Crippen LogP contribution in [0, 0.1) is 0 Å². The Labute approximate surface area is 177 Å². The van der Waals surface area contributed by atoms with Crippen molar-refractivity contribution >= 4 is 11.4 Å². The number of rotatable bonds is 4. The first-order valence-corrected chi connectivity index (χ1v) is 9.85. The smallest absolute Gasteiger partial charge is 0.0894 e. The summed E-state index contributed by atoms with van der Waals surface area (Å²) in [5.41, 5.74) is 3.22. The van der Waals surface area contributed by atoms with Gasteiger partial charge in [-0.05, 0) is 77.9 Å². The largest absolute Gasteiger partial charge is 0.288 e. The summed E-state index contributed by atoms with van der Waals surface area (Å²) in [4.78, 5) is 13.6. The molecule has 0 aliphatic heterocycles. The van der Waals surface area contributed by atoms with Gasteiger partial charge in [-0.1, -0.05) is 6.07 Å². The van der Waals surface area contributed by atoms with Crippen LogP contribution < -0.4 is 10.1 Å². The lowest BCUT2D eigenvalue weighted by Crippen LogP contribution is -2.38. The van der Waals surface area contributed by atoms with Gasteiger partial charge in [-0.2, -0.15) is 0 Å². The minimum absolute atomic E-state index is 0.420. The Morgan fingerprint density at radius 2 is 1.00 bits per heavy atom. The van der Waals surface area contributed by atoms with Gasteiger partial charge in [0.1, 0.15) is 0 Å². The van der Waals surface area contributed by atoms with Gasteiger partial charge in [-0.25, -0.2) is 4.98 Å². The molecule has 0 atom stereocenters. The van der Waals surface area contributed by atoms with E-state index in [2.05, 4.69) is 15.0 Å². The highest BCUT2D eigenvalue weighted by Crippen LogP contribution is 2.26. The Hall–Kier alpha value is -3.03. The van der Waals surface area contributed by atoms with Crippen LogP contribution in [0.1, 0.15) is 41.5 Å². The van der Waals surface area contributed by atoms with E-state index in [1.807, 2.05) is 84.0 Å². The van der Waals surface area contributed by atoms with Gasteiger partial charge in [0.15, 0.2) is 0 Å². The van der Waals surface area contributed by atoms with E-state index in [1.54, 1.807) is 12.4 Å². The third kappa shape index (κ3) is 4.75. The highest BCUT2D eigenvalue weighted by Gasteiger charge is 2.21. The topological polar surface area (TPSA) is 85.6 Å². The zero-order chi connectivity index (χ0) is 22.1. The molecule has 3 aromatic heterocycles. The first kappa shape index (κ1) is 21.7. The van der Waals surface area contributed by atoms with Crippen LogP contribution in [0.3, 0.4) is 0 Å². The average molecular weight is 408 g/mol. The lowest BCUT2D eigenvalue weighted by Gasteiger charge is -2.31. The van der Waals surface area contributed by atoms with Gasteiger partial charge in [-0.15, -0.1) is 0 Å². The number of aromatic nitrogens is 3. The van der Waals surface area contributed by atoms with Gasteiger partial charge in [0.05, 0.1) is 57.6 Å². The Kier molecular flexibility index (Phi) is 5.78. The summed E-state index contributed by atoms with van der Waals surface area (Å²) in [5.74, 6) is 0. The van der Waals surface area contributed by atoms with Crippen molar-refractivity contribution in [2.75, 3.05) is 10.1 Å². The second-order valence-corrected chi connectivity index (χ2v) is 9.18. The SMILES string of the molecule is CC(C)(C)N(O)c1ccc(-c2cccc(-c3ccc(N(O)C(C)(C)C)cn3)n2)nc1. The van der Waals surface area contributed by atoms with Crippen molar-refractivity contribution in [2.24, 2.45) is 0 Å². The highest BCUT2D eigenvalue weighted by molar-refractivity contribution is 5.64. The third-order valence-electron chi connectivity index (χ3n) is 4.53.